The molecular formula is C13H22O3. The Kier molecular flexibility index (Phi) is 4.22. The first-order valence-corrected chi connectivity index (χ1v) is 6.45. The molecule has 2 aliphatic carbocycles. The van der Waals surface area contributed by atoms with Crippen molar-refractivity contribution in [2.45, 2.75) is 38.5 Å². The van der Waals surface area contributed by atoms with E-state index in [9.17, 15) is 4.79 Å². The van der Waals surface area contributed by atoms with E-state index in [1.54, 1.807) is 0 Å². The second-order valence-electron chi connectivity index (χ2n) is 5.22. The van der Waals surface area contributed by atoms with Crippen molar-refractivity contribution < 1.29 is 14.3 Å². The number of hydrogen-bond acceptors (Lipinski definition) is 3. The lowest BCUT2D eigenvalue weighted by molar-refractivity contribution is -0.147. The summed E-state index contributed by atoms with van der Waals surface area (Å²) in [6, 6.07) is 0. The topological polar surface area (TPSA) is 35.5 Å². The van der Waals surface area contributed by atoms with E-state index in [2.05, 4.69) is 0 Å². The maximum atomic E-state index is 11.3. The number of esters is 1. The molecule has 2 saturated carbocycles. The van der Waals surface area contributed by atoms with Gasteiger partial charge in [-0.2, -0.15) is 0 Å². The molecule has 0 amide bonds. The molecule has 0 radical (unpaired) electrons. The van der Waals surface area contributed by atoms with Gasteiger partial charge in [-0.25, -0.2) is 0 Å². The monoisotopic (exact) mass is 226 g/mol. The molecule has 3 heteroatoms. The third-order valence-electron chi connectivity index (χ3n) is 3.79. The first kappa shape index (κ1) is 11.9. The lowest BCUT2D eigenvalue weighted by atomic mass is 9.82. The first-order valence-electron chi connectivity index (χ1n) is 6.45. The largest absolute Gasteiger partial charge is 0.469 e. The maximum Gasteiger partial charge on any atom is 0.308 e. The number of methoxy groups -OCH3 is 1. The van der Waals surface area contributed by atoms with Gasteiger partial charge in [-0.15, -0.1) is 0 Å². The standard InChI is InChI=1S/C13H22O3/c1-15-13(14)12-6-4-11(5-7-12)9-16-8-10-2-3-10/h10-12H,2-9H2,1H3. The van der Waals surface area contributed by atoms with Gasteiger partial charge in [0.05, 0.1) is 13.0 Å². The molecule has 0 aromatic heterocycles. The van der Waals surface area contributed by atoms with Crippen LogP contribution in [0.4, 0.5) is 0 Å². The molecule has 0 aliphatic heterocycles. The van der Waals surface area contributed by atoms with Crippen molar-refractivity contribution in [2.75, 3.05) is 20.3 Å². The van der Waals surface area contributed by atoms with Gasteiger partial charge in [0.1, 0.15) is 0 Å². The van der Waals surface area contributed by atoms with Gasteiger partial charge in [0.25, 0.3) is 0 Å². The van der Waals surface area contributed by atoms with E-state index in [0.717, 1.165) is 44.8 Å². The van der Waals surface area contributed by atoms with Crippen LogP contribution in [0.5, 0.6) is 0 Å². The van der Waals surface area contributed by atoms with Gasteiger partial charge in [0.15, 0.2) is 0 Å². The van der Waals surface area contributed by atoms with E-state index in [4.69, 9.17) is 9.47 Å². The highest BCUT2D eigenvalue weighted by atomic mass is 16.5. The van der Waals surface area contributed by atoms with Crippen LogP contribution in [0.15, 0.2) is 0 Å². The fourth-order valence-electron chi connectivity index (χ4n) is 2.42. The third-order valence-corrected chi connectivity index (χ3v) is 3.79. The minimum absolute atomic E-state index is 0.0302. The van der Waals surface area contributed by atoms with Gasteiger partial charge >= 0.3 is 5.97 Å². The van der Waals surface area contributed by atoms with Crippen molar-refractivity contribution in [1.29, 1.82) is 0 Å². The molecule has 0 N–H and O–H groups in total. The number of carbonyl (C=O) groups is 1. The van der Waals surface area contributed by atoms with E-state index in [1.807, 2.05) is 0 Å². The summed E-state index contributed by atoms with van der Waals surface area (Å²) in [6.45, 7) is 1.85. The summed E-state index contributed by atoms with van der Waals surface area (Å²) in [5.74, 6) is 1.63. The van der Waals surface area contributed by atoms with E-state index in [0.29, 0.717) is 5.92 Å². The van der Waals surface area contributed by atoms with Crippen LogP contribution in [0.1, 0.15) is 38.5 Å². The third kappa shape index (κ3) is 3.48. The smallest absolute Gasteiger partial charge is 0.308 e. The van der Waals surface area contributed by atoms with Crippen LogP contribution in [0.25, 0.3) is 0 Å². The normalized spacial score (nSPS) is 30.1. The van der Waals surface area contributed by atoms with E-state index in [-0.39, 0.29) is 11.9 Å². The molecule has 2 rings (SSSR count). The molecule has 0 unspecified atom stereocenters. The number of hydrogen-bond donors (Lipinski definition) is 0. The van der Waals surface area contributed by atoms with Crippen molar-refractivity contribution in [2.24, 2.45) is 17.8 Å². The molecule has 16 heavy (non-hydrogen) atoms. The quantitative estimate of drug-likeness (QED) is 0.675. The molecule has 0 aromatic carbocycles. The average molecular weight is 226 g/mol. The van der Waals surface area contributed by atoms with Gasteiger partial charge in [-0.1, -0.05) is 0 Å². The fourth-order valence-corrected chi connectivity index (χ4v) is 2.42. The molecule has 0 bridgehead atoms. The summed E-state index contributed by atoms with van der Waals surface area (Å²) < 4.78 is 10.5. The average Bonchev–Trinajstić information content (AvgIpc) is 3.13. The summed E-state index contributed by atoms with van der Waals surface area (Å²) in [4.78, 5) is 11.3. The zero-order chi connectivity index (χ0) is 11.4. The van der Waals surface area contributed by atoms with Gasteiger partial charge in [0.2, 0.25) is 0 Å². The lowest BCUT2D eigenvalue weighted by Gasteiger charge is -2.26. The van der Waals surface area contributed by atoms with E-state index in [1.165, 1.54) is 20.0 Å². The summed E-state index contributed by atoms with van der Waals surface area (Å²) in [6.07, 6.45) is 6.90. The van der Waals surface area contributed by atoms with Crippen LogP contribution < -0.4 is 0 Å². The zero-order valence-corrected chi connectivity index (χ0v) is 10.1. The number of rotatable bonds is 5. The Morgan fingerprint density at radius 3 is 1.94 bits per heavy atom. The molecule has 0 atom stereocenters. The SMILES string of the molecule is COC(=O)C1CCC(COCC2CC2)CC1. The predicted molar refractivity (Wildman–Crippen MR) is 61.0 cm³/mol. The Labute approximate surface area is 97.5 Å². The molecule has 92 valence electrons. The van der Waals surface area contributed by atoms with Crippen molar-refractivity contribution in [3.63, 3.8) is 0 Å². The van der Waals surface area contributed by atoms with Gasteiger partial charge in [-0.3, -0.25) is 4.79 Å². The Hall–Kier alpha value is -0.570. The highest BCUT2D eigenvalue weighted by molar-refractivity contribution is 5.72. The second kappa shape index (κ2) is 5.67. The highest BCUT2D eigenvalue weighted by Gasteiger charge is 2.27. The van der Waals surface area contributed by atoms with E-state index >= 15 is 0 Å². The van der Waals surface area contributed by atoms with Crippen LogP contribution >= 0.6 is 0 Å². The van der Waals surface area contributed by atoms with Crippen LogP contribution in [-0.4, -0.2) is 26.3 Å². The zero-order valence-electron chi connectivity index (χ0n) is 10.1. The van der Waals surface area contributed by atoms with Crippen LogP contribution in [0, 0.1) is 17.8 Å². The Bertz CT molecular complexity index is 227. The van der Waals surface area contributed by atoms with Crippen LogP contribution in [-0.2, 0) is 14.3 Å². The van der Waals surface area contributed by atoms with Crippen molar-refractivity contribution in [3.05, 3.63) is 0 Å². The fraction of sp³-hybridized carbons (Fsp3) is 0.923. The van der Waals surface area contributed by atoms with Gasteiger partial charge < -0.3 is 9.47 Å². The van der Waals surface area contributed by atoms with Crippen molar-refractivity contribution in [3.8, 4) is 0 Å². The summed E-state index contributed by atoms with van der Waals surface area (Å²) in [7, 11) is 1.48. The Morgan fingerprint density at radius 2 is 1.50 bits per heavy atom. The minimum atomic E-state index is -0.0302. The minimum Gasteiger partial charge on any atom is -0.469 e. The molecule has 0 aromatic rings. The van der Waals surface area contributed by atoms with Crippen molar-refractivity contribution in [1.82, 2.24) is 0 Å². The van der Waals surface area contributed by atoms with Crippen LogP contribution in [0.3, 0.4) is 0 Å². The summed E-state index contributed by atoms with van der Waals surface area (Å²) >= 11 is 0. The molecule has 0 spiro atoms. The molecule has 2 fully saturated rings. The lowest BCUT2D eigenvalue weighted by Crippen LogP contribution is -2.25. The van der Waals surface area contributed by atoms with Gasteiger partial charge in [-0.05, 0) is 50.4 Å². The summed E-state index contributed by atoms with van der Waals surface area (Å²) in [5.41, 5.74) is 0. The molecular weight excluding hydrogens is 204 g/mol. The van der Waals surface area contributed by atoms with Crippen LogP contribution in [0.2, 0.25) is 0 Å². The predicted octanol–water partition coefficient (Wildman–Crippen LogP) is 2.39. The highest BCUT2D eigenvalue weighted by Crippen LogP contribution is 2.31. The molecule has 3 nitrogen and oxygen atoms in total. The Balaban J connectivity index is 1.58. The molecule has 2 aliphatic rings. The Morgan fingerprint density at radius 1 is 1.00 bits per heavy atom. The first-order chi connectivity index (χ1) is 7.79. The second-order valence-corrected chi connectivity index (χ2v) is 5.22. The molecule has 0 saturated heterocycles. The van der Waals surface area contributed by atoms with Gasteiger partial charge in [0, 0.05) is 13.2 Å². The van der Waals surface area contributed by atoms with E-state index < -0.39 is 0 Å². The number of carbonyl (C=O) groups excluding carboxylic acids is 1. The summed E-state index contributed by atoms with van der Waals surface area (Å²) in [5, 5.41) is 0. The van der Waals surface area contributed by atoms with Crippen molar-refractivity contribution >= 4 is 5.97 Å². The number of ether oxygens (including phenoxy) is 2. The molecule has 0 heterocycles. The maximum absolute atomic E-state index is 11.3.